The fourth-order valence-corrected chi connectivity index (χ4v) is 4.86. The van der Waals surface area contributed by atoms with Crippen molar-refractivity contribution in [1.29, 1.82) is 0 Å². The number of nitrogens with one attached hydrogen (secondary N) is 1. The van der Waals surface area contributed by atoms with Crippen molar-refractivity contribution in [1.82, 2.24) is 14.1 Å². The largest absolute Gasteiger partial charge is 0.453 e. The van der Waals surface area contributed by atoms with Crippen LogP contribution in [0.5, 0.6) is 11.5 Å². The maximum Gasteiger partial charge on any atom is 0.261 e. The highest BCUT2D eigenvalue weighted by Gasteiger charge is 2.19. The molecule has 0 aliphatic carbocycles. The van der Waals surface area contributed by atoms with E-state index in [1.165, 1.54) is 35.0 Å². The number of anilines is 1. The van der Waals surface area contributed by atoms with Crippen LogP contribution in [-0.2, 0) is 7.05 Å². The van der Waals surface area contributed by atoms with Crippen LogP contribution in [-0.4, -0.2) is 20.0 Å². The minimum absolute atomic E-state index is 0.0480. The molecule has 0 saturated carbocycles. The molecule has 0 aliphatic rings. The van der Waals surface area contributed by atoms with E-state index in [2.05, 4.69) is 26.2 Å². The Kier molecular flexibility index (Phi) is 6.39. The molecule has 0 radical (unpaired) electrons. The maximum atomic E-state index is 15.0. The molecule has 0 saturated heterocycles. The van der Waals surface area contributed by atoms with Gasteiger partial charge in [0.05, 0.1) is 16.6 Å². The molecule has 1 N–H and O–H groups in total. The van der Waals surface area contributed by atoms with E-state index in [1.54, 1.807) is 42.6 Å². The summed E-state index contributed by atoms with van der Waals surface area (Å²) in [6.45, 7) is 0. The van der Waals surface area contributed by atoms with Gasteiger partial charge in [0.15, 0.2) is 11.6 Å². The summed E-state index contributed by atoms with van der Waals surface area (Å²) in [5, 5.41) is 3.52. The zero-order chi connectivity index (χ0) is 28.0. The molecule has 0 spiro atoms. The Bertz CT molecular complexity index is 2020. The van der Waals surface area contributed by atoms with E-state index in [1.807, 2.05) is 23.9 Å². The number of hydrogen-bond donors (Lipinski definition) is 1. The number of carbonyl (C=O) groups excluding carboxylic acids is 1. The van der Waals surface area contributed by atoms with E-state index >= 15 is 4.39 Å². The van der Waals surface area contributed by atoms with Gasteiger partial charge in [-0.05, 0) is 54.6 Å². The van der Waals surface area contributed by atoms with Gasteiger partial charge in [-0.1, -0.05) is 28.1 Å². The molecular weight excluding hydrogens is 582 g/mol. The number of carbonyl (C=O) groups is 1. The predicted molar refractivity (Wildman–Crippen MR) is 152 cm³/mol. The molecule has 10 heteroatoms. The zero-order valence-corrected chi connectivity index (χ0v) is 22.4. The van der Waals surface area contributed by atoms with Crippen molar-refractivity contribution in [3.63, 3.8) is 0 Å². The van der Waals surface area contributed by atoms with Crippen molar-refractivity contribution >= 4 is 49.5 Å². The van der Waals surface area contributed by atoms with Gasteiger partial charge in [0.2, 0.25) is 5.43 Å². The van der Waals surface area contributed by atoms with Crippen LogP contribution in [0.3, 0.4) is 0 Å². The molecule has 0 aliphatic heterocycles. The van der Waals surface area contributed by atoms with Crippen LogP contribution in [0.1, 0.15) is 10.4 Å². The lowest BCUT2D eigenvalue weighted by atomic mass is 10.1. The first-order valence-electron chi connectivity index (χ1n) is 12.1. The summed E-state index contributed by atoms with van der Waals surface area (Å²) in [6.07, 6.45) is 4.68. The fraction of sp³-hybridized carbons (Fsp3) is 0.0333. The first kappa shape index (κ1) is 25.4. The molecule has 6 rings (SSSR count). The second-order valence-corrected chi connectivity index (χ2v) is 9.94. The van der Waals surface area contributed by atoms with Crippen molar-refractivity contribution in [2.24, 2.45) is 7.05 Å². The minimum Gasteiger partial charge on any atom is -0.453 e. The van der Waals surface area contributed by atoms with Crippen molar-refractivity contribution in [3.05, 3.63) is 123 Å². The second kappa shape index (κ2) is 10.0. The van der Waals surface area contributed by atoms with Gasteiger partial charge in [0.1, 0.15) is 22.8 Å². The standard InChI is InChI=1S/C30H19BrF2N4O3/c1-36-13-11-20-26(10-12-34-29(20)36)40-27-9-7-18(15-23(27)33)35-30(39)21-16-37(25-8-6-17(31)14-22(25)32)24-5-3-2-4-19(24)28(21)38/h2-16H,1H3,(H,35,39). The van der Waals surface area contributed by atoms with Crippen LogP contribution in [0.2, 0.25) is 0 Å². The smallest absolute Gasteiger partial charge is 0.261 e. The molecule has 3 aromatic carbocycles. The number of pyridine rings is 2. The minimum atomic E-state index is -0.768. The molecule has 198 valence electrons. The van der Waals surface area contributed by atoms with Gasteiger partial charge in [-0.2, -0.15) is 0 Å². The van der Waals surface area contributed by atoms with E-state index in [-0.39, 0.29) is 28.1 Å². The lowest BCUT2D eigenvalue weighted by Crippen LogP contribution is -2.24. The highest BCUT2D eigenvalue weighted by atomic mass is 79.9. The van der Waals surface area contributed by atoms with Crippen LogP contribution in [0.4, 0.5) is 14.5 Å². The summed E-state index contributed by atoms with van der Waals surface area (Å²) in [7, 11) is 1.84. The summed E-state index contributed by atoms with van der Waals surface area (Å²) in [4.78, 5) is 30.8. The summed E-state index contributed by atoms with van der Waals surface area (Å²) >= 11 is 3.24. The van der Waals surface area contributed by atoms with Gasteiger partial charge in [-0.25, -0.2) is 13.8 Å². The topological polar surface area (TPSA) is 78.1 Å². The van der Waals surface area contributed by atoms with Crippen molar-refractivity contribution < 1.29 is 18.3 Å². The highest BCUT2D eigenvalue weighted by molar-refractivity contribution is 9.10. The molecule has 7 nitrogen and oxygen atoms in total. The summed E-state index contributed by atoms with van der Waals surface area (Å²) in [5.41, 5.74) is 0.622. The number of nitrogens with zero attached hydrogens (tertiary/aromatic N) is 3. The van der Waals surface area contributed by atoms with Gasteiger partial charge in [-0.15, -0.1) is 0 Å². The number of aromatic nitrogens is 3. The Balaban J connectivity index is 1.33. The van der Waals surface area contributed by atoms with Crippen LogP contribution < -0.4 is 15.5 Å². The Morgan fingerprint density at radius 1 is 0.950 bits per heavy atom. The summed E-state index contributed by atoms with van der Waals surface area (Å²) < 4.78 is 39.5. The van der Waals surface area contributed by atoms with Gasteiger partial charge in [0, 0.05) is 47.3 Å². The Morgan fingerprint density at radius 3 is 2.58 bits per heavy atom. The number of amides is 1. The second-order valence-electron chi connectivity index (χ2n) is 9.03. The Hall–Kier alpha value is -4.83. The quantitative estimate of drug-likeness (QED) is 0.232. The van der Waals surface area contributed by atoms with Gasteiger partial charge in [0.25, 0.3) is 5.91 Å². The van der Waals surface area contributed by atoms with Crippen molar-refractivity contribution in [3.8, 4) is 17.2 Å². The average Bonchev–Trinajstić information content (AvgIpc) is 3.32. The van der Waals surface area contributed by atoms with Crippen LogP contribution in [0, 0.1) is 11.6 Å². The maximum absolute atomic E-state index is 15.0. The lowest BCUT2D eigenvalue weighted by molar-refractivity contribution is 0.102. The zero-order valence-electron chi connectivity index (χ0n) is 20.9. The van der Waals surface area contributed by atoms with E-state index < -0.39 is 23.0 Å². The van der Waals surface area contributed by atoms with E-state index in [0.717, 1.165) is 11.5 Å². The Labute approximate surface area is 234 Å². The van der Waals surface area contributed by atoms with Gasteiger partial charge >= 0.3 is 0 Å². The van der Waals surface area contributed by atoms with Crippen LogP contribution >= 0.6 is 15.9 Å². The normalized spacial score (nSPS) is 11.2. The molecule has 6 aromatic rings. The molecule has 3 aromatic heterocycles. The van der Waals surface area contributed by atoms with Crippen molar-refractivity contribution in [2.45, 2.75) is 0 Å². The fourth-order valence-electron chi connectivity index (χ4n) is 4.52. The number of fused-ring (bicyclic) bond motifs is 2. The number of rotatable bonds is 5. The third kappa shape index (κ3) is 4.52. The van der Waals surface area contributed by atoms with Gasteiger partial charge < -0.3 is 19.2 Å². The molecular formula is C30H19BrF2N4O3. The SMILES string of the molecule is Cn1ccc2c(Oc3ccc(NC(=O)c4cn(-c5ccc(Br)cc5F)c5ccccc5c4=O)cc3F)ccnc21. The van der Waals surface area contributed by atoms with Gasteiger partial charge in [-0.3, -0.25) is 9.59 Å². The third-order valence-corrected chi connectivity index (χ3v) is 6.96. The monoisotopic (exact) mass is 600 g/mol. The Morgan fingerprint density at radius 2 is 1.77 bits per heavy atom. The molecule has 1 amide bonds. The first-order chi connectivity index (χ1) is 19.3. The van der Waals surface area contributed by atoms with E-state index in [0.29, 0.717) is 21.4 Å². The van der Waals surface area contributed by atoms with Crippen molar-refractivity contribution in [2.75, 3.05) is 5.32 Å². The van der Waals surface area contributed by atoms with E-state index in [4.69, 9.17) is 4.74 Å². The number of aryl methyl sites for hydroxylation is 1. The predicted octanol–water partition coefficient (Wildman–Crippen LogP) is 6.96. The third-order valence-electron chi connectivity index (χ3n) is 6.46. The summed E-state index contributed by atoms with van der Waals surface area (Å²) in [6, 6.07) is 18.5. The first-order valence-corrected chi connectivity index (χ1v) is 12.9. The molecule has 0 atom stereocenters. The molecule has 0 fully saturated rings. The average molecular weight is 601 g/mol. The molecule has 3 heterocycles. The van der Waals surface area contributed by atoms with Crippen LogP contribution in [0.15, 0.2) is 101 Å². The number of para-hydroxylation sites is 1. The summed E-state index contributed by atoms with van der Waals surface area (Å²) in [5.74, 6) is -1.65. The molecule has 40 heavy (non-hydrogen) atoms. The van der Waals surface area contributed by atoms with E-state index in [9.17, 15) is 14.0 Å². The number of hydrogen-bond acceptors (Lipinski definition) is 4. The lowest BCUT2D eigenvalue weighted by Gasteiger charge is -2.15. The number of halogens is 3. The number of benzene rings is 3. The molecule has 0 unspecified atom stereocenters. The highest BCUT2D eigenvalue weighted by Crippen LogP contribution is 2.32. The molecule has 0 bridgehead atoms. The van der Waals surface area contributed by atoms with Crippen LogP contribution in [0.25, 0.3) is 27.6 Å². The number of ether oxygens (including phenoxy) is 1.